The van der Waals surface area contributed by atoms with E-state index in [-0.39, 0.29) is 18.4 Å². The molecule has 0 fully saturated rings. The summed E-state index contributed by atoms with van der Waals surface area (Å²) in [6.45, 7) is 7.17. The monoisotopic (exact) mass is 263 g/mol. The zero-order valence-corrected chi connectivity index (χ0v) is 11.8. The van der Waals surface area contributed by atoms with Crippen molar-refractivity contribution >= 4 is 23.2 Å². The molecule has 0 aliphatic rings. The number of hydrogen-bond donors (Lipinski definition) is 3. The zero-order chi connectivity index (χ0) is 14.6. The van der Waals surface area contributed by atoms with Crippen molar-refractivity contribution in [1.29, 1.82) is 0 Å². The minimum atomic E-state index is -0.626. The molecule has 0 atom stereocenters. The van der Waals surface area contributed by atoms with Crippen LogP contribution in [0.3, 0.4) is 0 Å². The van der Waals surface area contributed by atoms with Crippen molar-refractivity contribution in [2.45, 2.75) is 27.7 Å². The number of carbonyl (C=O) groups is 2. The van der Waals surface area contributed by atoms with Crippen molar-refractivity contribution in [3.63, 3.8) is 0 Å². The third kappa shape index (κ3) is 4.06. The van der Waals surface area contributed by atoms with Crippen molar-refractivity contribution in [3.05, 3.63) is 23.8 Å². The lowest BCUT2D eigenvalue weighted by Gasteiger charge is -2.21. The van der Waals surface area contributed by atoms with Crippen LogP contribution in [0, 0.1) is 12.3 Å². The van der Waals surface area contributed by atoms with E-state index in [0.29, 0.717) is 11.4 Å². The first-order valence-corrected chi connectivity index (χ1v) is 6.16. The maximum Gasteiger partial charge on any atom is 0.231 e. The predicted octanol–water partition coefficient (Wildman–Crippen LogP) is 1.88. The molecule has 1 aromatic carbocycles. The van der Waals surface area contributed by atoms with Crippen LogP contribution in [0.15, 0.2) is 18.2 Å². The van der Waals surface area contributed by atoms with Gasteiger partial charge in [-0.25, -0.2) is 0 Å². The number of aryl methyl sites for hydroxylation is 1. The number of amides is 2. The smallest absolute Gasteiger partial charge is 0.231 e. The Balaban J connectivity index is 2.91. The fraction of sp³-hybridized carbons (Fsp3) is 0.429. The summed E-state index contributed by atoms with van der Waals surface area (Å²) in [5.41, 5.74) is 7.20. The first-order valence-electron chi connectivity index (χ1n) is 6.16. The summed E-state index contributed by atoms with van der Waals surface area (Å²) in [5, 5.41) is 5.53. The number of hydrogen-bond acceptors (Lipinski definition) is 3. The number of carbonyl (C=O) groups excluding carboxylic acids is 2. The van der Waals surface area contributed by atoms with Crippen LogP contribution in [0.5, 0.6) is 0 Å². The highest BCUT2D eigenvalue weighted by molar-refractivity contribution is 5.96. The van der Waals surface area contributed by atoms with Crippen LogP contribution in [0.4, 0.5) is 11.4 Å². The number of rotatable bonds is 4. The molecule has 0 spiro atoms. The summed E-state index contributed by atoms with van der Waals surface area (Å²) in [6, 6.07) is 5.38. The number of nitrogens with two attached hydrogens (primary N) is 1. The lowest BCUT2D eigenvalue weighted by molar-refractivity contribution is -0.123. The normalized spacial score (nSPS) is 11.0. The zero-order valence-electron chi connectivity index (χ0n) is 11.8. The van der Waals surface area contributed by atoms with Gasteiger partial charge >= 0.3 is 0 Å². The highest BCUT2D eigenvalue weighted by Crippen LogP contribution is 2.22. The number of nitrogens with one attached hydrogen (secondary N) is 2. The topological polar surface area (TPSA) is 84.2 Å². The van der Waals surface area contributed by atoms with E-state index in [9.17, 15) is 9.59 Å². The summed E-state index contributed by atoms with van der Waals surface area (Å²) < 4.78 is 0. The third-order valence-corrected chi connectivity index (χ3v) is 2.93. The maximum atomic E-state index is 12.0. The Morgan fingerprint density at radius 2 is 1.89 bits per heavy atom. The highest BCUT2D eigenvalue weighted by Gasteiger charge is 2.25. The molecule has 0 unspecified atom stereocenters. The number of anilines is 2. The molecule has 0 saturated carbocycles. The average molecular weight is 263 g/mol. The van der Waals surface area contributed by atoms with E-state index < -0.39 is 5.41 Å². The maximum absolute atomic E-state index is 12.0. The van der Waals surface area contributed by atoms with Crippen LogP contribution in [-0.2, 0) is 9.59 Å². The van der Waals surface area contributed by atoms with Gasteiger partial charge in [0.25, 0.3) is 0 Å². The fourth-order valence-electron chi connectivity index (χ4n) is 1.42. The van der Waals surface area contributed by atoms with Crippen molar-refractivity contribution in [3.8, 4) is 0 Å². The Morgan fingerprint density at radius 1 is 1.26 bits per heavy atom. The first-order chi connectivity index (χ1) is 8.76. The van der Waals surface area contributed by atoms with Crippen molar-refractivity contribution in [2.24, 2.45) is 11.1 Å². The molecule has 0 saturated heterocycles. The quantitative estimate of drug-likeness (QED) is 0.775. The van der Waals surface area contributed by atoms with Gasteiger partial charge in [0.15, 0.2) is 0 Å². The second kappa shape index (κ2) is 5.84. The molecule has 5 nitrogen and oxygen atoms in total. The molecular formula is C14H21N3O2. The van der Waals surface area contributed by atoms with Crippen molar-refractivity contribution in [1.82, 2.24) is 0 Å². The van der Waals surface area contributed by atoms with E-state index in [1.54, 1.807) is 26.0 Å². The Kier molecular flexibility index (Phi) is 4.67. The van der Waals surface area contributed by atoms with Crippen LogP contribution >= 0.6 is 0 Å². The van der Waals surface area contributed by atoms with Crippen LogP contribution in [0.1, 0.15) is 26.3 Å². The van der Waals surface area contributed by atoms with Gasteiger partial charge < -0.3 is 16.4 Å². The summed E-state index contributed by atoms with van der Waals surface area (Å²) in [6.07, 6.45) is 0. The fourth-order valence-corrected chi connectivity index (χ4v) is 1.42. The lowest BCUT2D eigenvalue weighted by Crippen LogP contribution is -2.37. The minimum Gasteiger partial charge on any atom is -0.329 e. The van der Waals surface area contributed by atoms with Crippen LogP contribution in [-0.4, -0.2) is 18.4 Å². The summed E-state index contributed by atoms with van der Waals surface area (Å²) in [4.78, 5) is 23.1. The van der Waals surface area contributed by atoms with Gasteiger partial charge in [0.2, 0.25) is 11.8 Å². The molecule has 1 aromatic rings. The molecule has 5 heteroatoms. The minimum absolute atomic E-state index is 0.145. The molecule has 0 bridgehead atoms. The Bertz CT molecular complexity index is 495. The second-order valence-electron chi connectivity index (χ2n) is 5.25. The largest absolute Gasteiger partial charge is 0.329 e. The van der Waals surface area contributed by atoms with Gasteiger partial charge in [0, 0.05) is 24.8 Å². The van der Waals surface area contributed by atoms with E-state index in [0.717, 1.165) is 5.56 Å². The molecule has 0 aromatic heterocycles. The van der Waals surface area contributed by atoms with Gasteiger partial charge in [0.05, 0.1) is 5.41 Å². The first kappa shape index (κ1) is 15.2. The molecule has 19 heavy (non-hydrogen) atoms. The Morgan fingerprint density at radius 3 is 2.42 bits per heavy atom. The van der Waals surface area contributed by atoms with Gasteiger partial charge in [-0.3, -0.25) is 9.59 Å². The van der Waals surface area contributed by atoms with Gasteiger partial charge in [-0.15, -0.1) is 0 Å². The van der Waals surface area contributed by atoms with E-state index in [1.807, 2.05) is 13.0 Å². The van der Waals surface area contributed by atoms with E-state index in [2.05, 4.69) is 10.6 Å². The molecule has 0 aliphatic heterocycles. The molecule has 0 aliphatic carbocycles. The second-order valence-corrected chi connectivity index (χ2v) is 5.25. The van der Waals surface area contributed by atoms with E-state index >= 15 is 0 Å². The molecule has 0 radical (unpaired) electrons. The average Bonchev–Trinajstić information content (AvgIpc) is 2.32. The van der Waals surface area contributed by atoms with E-state index in [4.69, 9.17) is 5.73 Å². The predicted molar refractivity (Wildman–Crippen MR) is 76.9 cm³/mol. The van der Waals surface area contributed by atoms with Gasteiger partial charge in [-0.05, 0) is 38.5 Å². The Hall–Kier alpha value is -1.88. The third-order valence-electron chi connectivity index (χ3n) is 2.93. The van der Waals surface area contributed by atoms with Crippen molar-refractivity contribution < 1.29 is 9.59 Å². The van der Waals surface area contributed by atoms with Gasteiger partial charge in [-0.1, -0.05) is 6.07 Å². The van der Waals surface area contributed by atoms with E-state index in [1.165, 1.54) is 6.92 Å². The Labute approximate surface area is 113 Å². The lowest BCUT2D eigenvalue weighted by atomic mass is 9.92. The van der Waals surface area contributed by atoms with Crippen LogP contribution in [0.2, 0.25) is 0 Å². The van der Waals surface area contributed by atoms with Crippen LogP contribution in [0.25, 0.3) is 0 Å². The summed E-state index contributed by atoms with van der Waals surface area (Å²) in [5.74, 6) is -0.290. The molecule has 1 rings (SSSR count). The van der Waals surface area contributed by atoms with Crippen molar-refractivity contribution in [2.75, 3.05) is 17.2 Å². The molecular weight excluding hydrogens is 242 g/mol. The molecule has 2 amide bonds. The highest BCUT2D eigenvalue weighted by atomic mass is 16.2. The van der Waals surface area contributed by atoms with Crippen LogP contribution < -0.4 is 16.4 Å². The molecule has 4 N–H and O–H groups in total. The SMILES string of the molecule is CC(=O)Nc1cc(NC(=O)C(C)(C)CN)ccc1C. The van der Waals surface area contributed by atoms with Gasteiger partial charge in [-0.2, -0.15) is 0 Å². The summed E-state index contributed by atoms with van der Waals surface area (Å²) >= 11 is 0. The number of benzene rings is 1. The van der Waals surface area contributed by atoms with Gasteiger partial charge in [0.1, 0.15) is 0 Å². The molecule has 0 heterocycles. The summed E-state index contributed by atoms with van der Waals surface area (Å²) in [7, 11) is 0. The standard InChI is InChI=1S/C14H21N3O2/c1-9-5-6-11(7-12(9)16-10(2)18)17-13(19)14(3,4)8-15/h5-7H,8,15H2,1-4H3,(H,16,18)(H,17,19). The molecule has 104 valence electrons.